The van der Waals surface area contributed by atoms with Crippen molar-refractivity contribution in [3.8, 4) is 5.75 Å². The molecule has 0 amide bonds. The molecule has 2 aliphatic heterocycles. The normalized spacial score (nSPS) is 22.1. The SMILES string of the molecule is Cc1nc2c(c(N3C[CH]CC3)n1)OCC(C(C)C)N2. The lowest BCUT2D eigenvalue weighted by Crippen LogP contribution is -2.37. The van der Waals surface area contributed by atoms with Gasteiger partial charge in [-0.2, -0.15) is 0 Å². The van der Waals surface area contributed by atoms with E-state index in [2.05, 4.69) is 40.5 Å². The minimum absolute atomic E-state index is 0.319. The van der Waals surface area contributed by atoms with Crippen molar-refractivity contribution < 1.29 is 4.74 Å². The molecule has 3 heterocycles. The van der Waals surface area contributed by atoms with E-state index in [0.717, 1.165) is 42.7 Å². The molecule has 1 unspecified atom stereocenters. The van der Waals surface area contributed by atoms with E-state index in [9.17, 15) is 0 Å². The molecule has 0 aliphatic carbocycles. The van der Waals surface area contributed by atoms with Gasteiger partial charge in [0.2, 0.25) is 5.75 Å². The maximum atomic E-state index is 5.95. The van der Waals surface area contributed by atoms with Gasteiger partial charge in [-0.25, -0.2) is 9.97 Å². The first kappa shape index (κ1) is 12.5. The fraction of sp³-hybridized carbons (Fsp3) is 0.643. The van der Waals surface area contributed by atoms with Gasteiger partial charge in [0.15, 0.2) is 11.6 Å². The Balaban J connectivity index is 1.95. The highest BCUT2D eigenvalue weighted by Crippen LogP contribution is 2.37. The number of fused-ring (bicyclic) bond motifs is 1. The monoisotopic (exact) mass is 261 g/mol. The Labute approximate surface area is 114 Å². The molecule has 2 aliphatic rings. The molecule has 5 heteroatoms. The Hall–Kier alpha value is -1.52. The van der Waals surface area contributed by atoms with E-state index in [-0.39, 0.29) is 0 Å². The average molecular weight is 261 g/mol. The summed E-state index contributed by atoms with van der Waals surface area (Å²) in [5.41, 5.74) is 0. The first-order valence-electron chi connectivity index (χ1n) is 6.99. The van der Waals surface area contributed by atoms with Crippen molar-refractivity contribution in [2.75, 3.05) is 29.9 Å². The first-order chi connectivity index (χ1) is 9.15. The van der Waals surface area contributed by atoms with Crippen LogP contribution in [0, 0.1) is 19.3 Å². The molecule has 0 aromatic carbocycles. The van der Waals surface area contributed by atoms with Gasteiger partial charge in [0.1, 0.15) is 12.4 Å². The molecule has 1 saturated heterocycles. The minimum Gasteiger partial charge on any atom is -0.484 e. The maximum Gasteiger partial charge on any atom is 0.204 e. The Bertz CT molecular complexity index is 469. The molecule has 0 spiro atoms. The second-order valence-electron chi connectivity index (χ2n) is 5.60. The first-order valence-corrected chi connectivity index (χ1v) is 6.99. The predicted molar refractivity (Wildman–Crippen MR) is 75.6 cm³/mol. The zero-order valence-corrected chi connectivity index (χ0v) is 11.8. The third kappa shape index (κ3) is 2.33. The zero-order chi connectivity index (χ0) is 13.4. The average Bonchev–Trinajstić information content (AvgIpc) is 2.90. The van der Waals surface area contributed by atoms with Crippen LogP contribution in [0.4, 0.5) is 11.6 Å². The molecule has 0 saturated carbocycles. The van der Waals surface area contributed by atoms with Crippen LogP contribution in [-0.4, -0.2) is 35.7 Å². The molecule has 19 heavy (non-hydrogen) atoms. The number of aryl methyl sites for hydroxylation is 1. The van der Waals surface area contributed by atoms with Gasteiger partial charge in [-0.3, -0.25) is 0 Å². The fourth-order valence-corrected chi connectivity index (χ4v) is 2.52. The van der Waals surface area contributed by atoms with Crippen LogP contribution in [0.3, 0.4) is 0 Å². The molecule has 1 N–H and O–H groups in total. The van der Waals surface area contributed by atoms with Crippen molar-refractivity contribution >= 4 is 11.6 Å². The molecule has 5 nitrogen and oxygen atoms in total. The highest BCUT2D eigenvalue weighted by molar-refractivity contribution is 5.67. The molecule has 1 aromatic rings. The van der Waals surface area contributed by atoms with Crippen LogP contribution in [0.1, 0.15) is 26.1 Å². The van der Waals surface area contributed by atoms with Gasteiger partial charge in [0.05, 0.1) is 6.04 Å². The van der Waals surface area contributed by atoms with Gasteiger partial charge in [0.25, 0.3) is 0 Å². The number of aromatic nitrogens is 2. The zero-order valence-electron chi connectivity index (χ0n) is 11.8. The quantitative estimate of drug-likeness (QED) is 0.882. The summed E-state index contributed by atoms with van der Waals surface area (Å²) in [6, 6.07) is 0.319. The van der Waals surface area contributed by atoms with Crippen molar-refractivity contribution in [3.05, 3.63) is 12.2 Å². The standard InChI is InChI=1S/C14H21N4O/c1-9(2)11-8-19-12-13(17-11)15-10(3)16-14(12)18-6-4-5-7-18/h4,9,11H,5-8H2,1-3H3,(H,15,16,17). The summed E-state index contributed by atoms with van der Waals surface area (Å²) in [5, 5.41) is 3.49. The smallest absolute Gasteiger partial charge is 0.204 e. The Morgan fingerprint density at radius 1 is 1.42 bits per heavy atom. The van der Waals surface area contributed by atoms with Gasteiger partial charge >= 0.3 is 0 Å². The summed E-state index contributed by atoms with van der Waals surface area (Å²) in [4.78, 5) is 11.3. The van der Waals surface area contributed by atoms with Gasteiger partial charge < -0.3 is 15.0 Å². The van der Waals surface area contributed by atoms with Crippen LogP contribution in [0.5, 0.6) is 5.75 Å². The van der Waals surface area contributed by atoms with Crippen LogP contribution in [0.2, 0.25) is 0 Å². The third-order valence-electron chi connectivity index (χ3n) is 3.75. The molecule has 1 radical (unpaired) electrons. The summed E-state index contributed by atoms with van der Waals surface area (Å²) in [6.45, 7) is 8.96. The molecular formula is C14H21N4O. The Kier molecular flexibility index (Phi) is 3.21. The fourth-order valence-electron chi connectivity index (χ4n) is 2.52. The topological polar surface area (TPSA) is 50.3 Å². The Morgan fingerprint density at radius 3 is 2.95 bits per heavy atom. The van der Waals surface area contributed by atoms with E-state index in [1.807, 2.05) is 6.92 Å². The van der Waals surface area contributed by atoms with Gasteiger partial charge in [-0.1, -0.05) is 13.8 Å². The number of anilines is 2. The maximum absolute atomic E-state index is 5.95. The van der Waals surface area contributed by atoms with Crippen LogP contribution >= 0.6 is 0 Å². The summed E-state index contributed by atoms with van der Waals surface area (Å²) in [5.74, 6) is 3.91. The number of hydrogen-bond acceptors (Lipinski definition) is 5. The second kappa shape index (κ2) is 4.87. The van der Waals surface area contributed by atoms with Crippen molar-refractivity contribution in [3.63, 3.8) is 0 Å². The number of hydrogen-bond donors (Lipinski definition) is 1. The van der Waals surface area contributed by atoms with Gasteiger partial charge in [-0.05, 0) is 25.7 Å². The lowest BCUT2D eigenvalue weighted by molar-refractivity contribution is 0.255. The largest absolute Gasteiger partial charge is 0.484 e. The van der Waals surface area contributed by atoms with Crippen molar-refractivity contribution in [2.45, 2.75) is 33.2 Å². The van der Waals surface area contributed by atoms with E-state index in [0.29, 0.717) is 18.6 Å². The van der Waals surface area contributed by atoms with Gasteiger partial charge in [0, 0.05) is 13.1 Å². The van der Waals surface area contributed by atoms with Crippen molar-refractivity contribution in [1.29, 1.82) is 0 Å². The predicted octanol–water partition coefficient (Wildman–Crippen LogP) is 2.03. The van der Waals surface area contributed by atoms with Crippen LogP contribution in [0.25, 0.3) is 0 Å². The number of ether oxygens (including phenoxy) is 1. The molecular weight excluding hydrogens is 240 g/mol. The van der Waals surface area contributed by atoms with E-state index < -0.39 is 0 Å². The lowest BCUT2D eigenvalue weighted by atomic mass is 10.0. The van der Waals surface area contributed by atoms with Crippen molar-refractivity contribution in [1.82, 2.24) is 9.97 Å². The summed E-state index contributed by atoms with van der Waals surface area (Å²) in [6.07, 6.45) is 3.39. The number of nitrogens with one attached hydrogen (secondary N) is 1. The summed E-state index contributed by atoms with van der Waals surface area (Å²) in [7, 11) is 0. The Morgan fingerprint density at radius 2 is 2.26 bits per heavy atom. The van der Waals surface area contributed by atoms with E-state index in [4.69, 9.17) is 4.74 Å². The van der Waals surface area contributed by atoms with E-state index in [1.54, 1.807) is 0 Å². The highest BCUT2D eigenvalue weighted by Gasteiger charge is 2.29. The lowest BCUT2D eigenvalue weighted by Gasteiger charge is -2.31. The summed E-state index contributed by atoms with van der Waals surface area (Å²) >= 11 is 0. The number of rotatable bonds is 2. The van der Waals surface area contributed by atoms with Crippen molar-refractivity contribution in [2.24, 2.45) is 5.92 Å². The van der Waals surface area contributed by atoms with E-state index in [1.165, 1.54) is 0 Å². The third-order valence-corrected chi connectivity index (χ3v) is 3.75. The number of nitrogens with zero attached hydrogens (tertiary/aromatic N) is 3. The molecule has 103 valence electrons. The molecule has 0 bridgehead atoms. The summed E-state index contributed by atoms with van der Waals surface area (Å²) < 4.78 is 5.95. The molecule has 1 fully saturated rings. The van der Waals surface area contributed by atoms with E-state index >= 15 is 0 Å². The molecule has 1 aromatic heterocycles. The molecule has 1 atom stereocenters. The van der Waals surface area contributed by atoms with Crippen LogP contribution < -0.4 is 15.0 Å². The highest BCUT2D eigenvalue weighted by atomic mass is 16.5. The second-order valence-corrected chi connectivity index (χ2v) is 5.60. The molecule has 3 rings (SSSR count). The van der Waals surface area contributed by atoms with Gasteiger partial charge in [-0.15, -0.1) is 0 Å². The van der Waals surface area contributed by atoms with Crippen LogP contribution in [0.15, 0.2) is 0 Å². The minimum atomic E-state index is 0.319. The van der Waals surface area contributed by atoms with Crippen LogP contribution in [-0.2, 0) is 0 Å².